The van der Waals surface area contributed by atoms with E-state index in [-0.39, 0.29) is 30.1 Å². The van der Waals surface area contributed by atoms with Crippen molar-refractivity contribution in [2.75, 3.05) is 26.2 Å². The number of rotatable bonds is 4. The van der Waals surface area contributed by atoms with Crippen molar-refractivity contribution in [2.24, 2.45) is 11.7 Å². The average Bonchev–Trinajstić information content (AvgIpc) is 2.90. The summed E-state index contributed by atoms with van der Waals surface area (Å²) in [6.07, 6.45) is 3.18. The van der Waals surface area contributed by atoms with Crippen LogP contribution in [0.4, 0.5) is 0 Å². The van der Waals surface area contributed by atoms with E-state index in [1.54, 1.807) is 4.90 Å². The molecule has 2 heterocycles. The Balaban J connectivity index is 0.00000220. The van der Waals surface area contributed by atoms with Crippen LogP contribution in [-0.4, -0.2) is 53.1 Å². The van der Waals surface area contributed by atoms with E-state index in [0.717, 1.165) is 18.5 Å². The van der Waals surface area contributed by atoms with Crippen LogP contribution in [-0.2, 0) is 4.79 Å². The second-order valence-electron chi connectivity index (χ2n) is 5.08. The average molecular weight is 316 g/mol. The number of nitrogens with zero attached hydrogens (tertiary/aromatic N) is 2. The fourth-order valence-corrected chi connectivity index (χ4v) is 2.45. The smallest absolute Gasteiger partial charge is 0.257 e. The maximum absolute atomic E-state index is 12.4. The van der Waals surface area contributed by atoms with Gasteiger partial charge in [0.25, 0.3) is 5.91 Å². The van der Waals surface area contributed by atoms with E-state index in [0.29, 0.717) is 31.7 Å². The molecule has 4 N–H and O–H groups in total. The Hall–Kier alpha value is -1.60. The molecule has 21 heavy (non-hydrogen) atoms. The van der Waals surface area contributed by atoms with E-state index < -0.39 is 0 Å². The van der Waals surface area contributed by atoms with Crippen molar-refractivity contribution in [3.05, 3.63) is 17.5 Å². The molecular formula is C13H22ClN5O2. The zero-order chi connectivity index (χ0) is 14.5. The Morgan fingerprint density at radius 2 is 2.33 bits per heavy atom. The molecule has 0 bridgehead atoms. The second-order valence-corrected chi connectivity index (χ2v) is 5.08. The predicted octanol–water partition coefficient (Wildman–Crippen LogP) is 0.0670. The van der Waals surface area contributed by atoms with Gasteiger partial charge in [0, 0.05) is 31.9 Å². The number of carbonyl (C=O) groups is 2. The molecule has 1 atom stereocenters. The van der Waals surface area contributed by atoms with Gasteiger partial charge in [0.1, 0.15) is 0 Å². The number of H-pyrrole nitrogens is 1. The molecule has 1 fully saturated rings. The highest BCUT2D eigenvalue weighted by atomic mass is 35.5. The monoisotopic (exact) mass is 315 g/mol. The maximum Gasteiger partial charge on any atom is 0.257 e. The van der Waals surface area contributed by atoms with Crippen molar-refractivity contribution in [3.63, 3.8) is 0 Å². The van der Waals surface area contributed by atoms with Crippen molar-refractivity contribution in [3.8, 4) is 0 Å². The number of hydrogen-bond acceptors (Lipinski definition) is 4. The summed E-state index contributed by atoms with van der Waals surface area (Å²) in [6, 6.07) is 0. The number of aryl methyl sites for hydroxylation is 1. The summed E-state index contributed by atoms with van der Waals surface area (Å²) >= 11 is 0. The summed E-state index contributed by atoms with van der Waals surface area (Å²) in [5.74, 6) is -0.226. The molecule has 0 radical (unpaired) electrons. The van der Waals surface area contributed by atoms with E-state index in [2.05, 4.69) is 15.5 Å². The number of amides is 2. The van der Waals surface area contributed by atoms with Crippen LogP contribution in [0.3, 0.4) is 0 Å². The van der Waals surface area contributed by atoms with Crippen molar-refractivity contribution in [1.29, 1.82) is 0 Å². The summed E-state index contributed by atoms with van der Waals surface area (Å²) in [5, 5.41) is 9.41. The first-order chi connectivity index (χ1) is 9.63. The number of nitrogens with two attached hydrogens (primary N) is 1. The van der Waals surface area contributed by atoms with Crippen LogP contribution >= 0.6 is 12.4 Å². The number of halogens is 1. The number of nitrogens with one attached hydrogen (secondary N) is 2. The standard InChI is InChI=1S/C13H21N5O2.ClH/c1-9-11(7-16-17-9)13(20)18-6-2-3-10(8-18)12(19)15-5-4-14;/h7,10H,2-6,8,14H2,1H3,(H,15,19)(H,16,17);1H. The largest absolute Gasteiger partial charge is 0.355 e. The Bertz CT molecular complexity index is 491. The number of carbonyl (C=O) groups excluding carboxylic acids is 2. The lowest BCUT2D eigenvalue weighted by Crippen LogP contribution is -2.46. The third-order valence-corrected chi connectivity index (χ3v) is 3.58. The summed E-state index contributed by atoms with van der Waals surface area (Å²) in [5.41, 5.74) is 6.70. The quantitative estimate of drug-likeness (QED) is 0.731. The van der Waals surface area contributed by atoms with Gasteiger partial charge in [-0.3, -0.25) is 14.7 Å². The minimum atomic E-state index is -0.147. The predicted molar refractivity (Wildman–Crippen MR) is 81.3 cm³/mol. The minimum Gasteiger partial charge on any atom is -0.355 e. The van der Waals surface area contributed by atoms with Crippen LogP contribution in [0.25, 0.3) is 0 Å². The van der Waals surface area contributed by atoms with Crippen LogP contribution in [0, 0.1) is 12.8 Å². The molecule has 0 aromatic carbocycles. The topological polar surface area (TPSA) is 104 Å². The highest BCUT2D eigenvalue weighted by molar-refractivity contribution is 5.95. The molecule has 1 unspecified atom stereocenters. The van der Waals surface area contributed by atoms with Gasteiger partial charge in [-0.15, -0.1) is 12.4 Å². The van der Waals surface area contributed by atoms with Gasteiger partial charge in [0.05, 0.1) is 17.7 Å². The van der Waals surface area contributed by atoms with Crippen molar-refractivity contribution < 1.29 is 9.59 Å². The summed E-state index contributed by atoms with van der Waals surface area (Å²) < 4.78 is 0. The van der Waals surface area contributed by atoms with Gasteiger partial charge in [0.2, 0.25) is 5.91 Å². The zero-order valence-electron chi connectivity index (χ0n) is 12.1. The molecule has 118 valence electrons. The summed E-state index contributed by atoms with van der Waals surface area (Å²) in [6.45, 7) is 3.86. The fraction of sp³-hybridized carbons (Fsp3) is 0.615. The van der Waals surface area contributed by atoms with Gasteiger partial charge in [0.15, 0.2) is 0 Å². The van der Waals surface area contributed by atoms with Gasteiger partial charge in [-0.2, -0.15) is 5.10 Å². The first kappa shape index (κ1) is 17.5. The normalized spacial score (nSPS) is 18.0. The van der Waals surface area contributed by atoms with E-state index in [1.807, 2.05) is 6.92 Å². The SMILES string of the molecule is Cc1[nH]ncc1C(=O)N1CCCC(C(=O)NCCN)C1.Cl. The van der Waals surface area contributed by atoms with E-state index in [1.165, 1.54) is 6.20 Å². The number of hydrogen-bond donors (Lipinski definition) is 3. The second kappa shape index (κ2) is 7.99. The van der Waals surface area contributed by atoms with Gasteiger partial charge < -0.3 is 16.0 Å². The van der Waals surface area contributed by atoms with E-state index in [4.69, 9.17) is 5.73 Å². The zero-order valence-corrected chi connectivity index (χ0v) is 12.9. The molecule has 0 aliphatic carbocycles. The fourth-order valence-electron chi connectivity index (χ4n) is 2.45. The highest BCUT2D eigenvalue weighted by Gasteiger charge is 2.29. The van der Waals surface area contributed by atoms with Crippen LogP contribution in [0.2, 0.25) is 0 Å². The molecule has 1 aliphatic heterocycles. The molecule has 0 saturated carbocycles. The summed E-state index contributed by atoms with van der Waals surface area (Å²) in [4.78, 5) is 26.1. The lowest BCUT2D eigenvalue weighted by molar-refractivity contribution is -0.126. The minimum absolute atomic E-state index is 0. The molecule has 7 nitrogen and oxygen atoms in total. The van der Waals surface area contributed by atoms with Gasteiger partial charge in [-0.1, -0.05) is 0 Å². The Labute approximate surface area is 130 Å². The molecular weight excluding hydrogens is 294 g/mol. The summed E-state index contributed by atoms with van der Waals surface area (Å²) in [7, 11) is 0. The lowest BCUT2D eigenvalue weighted by atomic mass is 9.96. The van der Waals surface area contributed by atoms with Crippen molar-refractivity contribution in [2.45, 2.75) is 19.8 Å². The van der Waals surface area contributed by atoms with Crippen LogP contribution in [0.15, 0.2) is 6.20 Å². The van der Waals surface area contributed by atoms with Gasteiger partial charge >= 0.3 is 0 Å². The van der Waals surface area contributed by atoms with Crippen LogP contribution in [0.1, 0.15) is 28.9 Å². The van der Waals surface area contributed by atoms with Gasteiger partial charge in [-0.25, -0.2) is 0 Å². The molecule has 2 rings (SSSR count). The van der Waals surface area contributed by atoms with Crippen molar-refractivity contribution >= 4 is 24.2 Å². The molecule has 1 saturated heterocycles. The number of likely N-dealkylation sites (tertiary alicyclic amines) is 1. The molecule has 2 amide bonds. The number of aromatic nitrogens is 2. The lowest BCUT2D eigenvalue weighted by Gasteiger charge is -2.32. The number of piperidine rings is 1. The highest BCUT2D eigenvalue weighted by Crippen LogP contribution is 2.19. The molecule has 1 aromatic rings. The Morgan fingerprint density at radius 3 is 2.95 bits per heavy atom. The molecule has 0 spiro atoms. The van der Waals surface area contributed by atoms with Crippen molar-refractivity contribution in [1.82, 2.24) is 20.4 Å². The third-order valence-electron chi connectivity index (χ3n) is 3.58. The molecule has 8 heteroatoms. The van der Waals surface area contributed by atoms with Gasteiger partial charge in [-0.05, 0) is 19.8 Å². The number of aromatic amines is 1. The first-order valence-corrected chi connectivity index (χ1v) is 6.90. The molecule has 1 aromatic heterocycles. The van der Waals surface area contributed by atoms with Crippen LogP contribution in [0.5, 0.6) is 0 Å². The maximum atomic E-state index is 12.4. The Morgan fingerprint density at radius 1 is 1.57 bits per heavy atom. The third kappa shape index (κ3) is 4.18. The first-order valence-electron chi connectivity index (χ1n) is 6.90. The van der Waals surface area contributed by atoms with Crippen LogP contribution < -0.4 is 11.1 Å². The van der Waals surface area contributed by atoms with E-state index in [9.17, 15) is 9.59 Å². The Kier molecular flexibility index (Phi) is 6.64. The molecule has 1 aliphatic rings. The van der Waals surface area contributed by atoms with E-state index >= 15 is 0 Å².